The number of carbonyl (C=O) groups excluding carboxylic acids is 1. The van der Waals surface area contributed by atoms with Crippen molar-refractivity contribution < 1.29 is 39.5 Å². The fraction of sp³-hybridized carbons (Fsp3) is 0.419. The normalized spacial score (nSPS) is 11.7. The number of amides is 2. The first-order chi connectivity index (χ1) is 21.4. The van der Waals surface area contributed by atoms with E-state index in [1.165, 1.54) is 16.8 Å². The van der Waals surface area contributed by atoms with E-state index in [0.29, 0.717) is 24.5 Å². The Bertz CT molecular complexity index is 1240. The molecule has 1 aromatic heterocycles. The van der Waals surface area contributed by atoms with Crippen LogP contribution in [-0.4, -0.2) is 83.6 Å². The van der Waals surface area contributed by atoms with Gasteiger partial charge in [0.15, 0.2) is 17.5 Å². The number of benzene rings is 1. The molecule has 2 aromatic rings. The van der Waals surface area contributed by atoms with Gasteiger partial charge < -0.3 is 41.5 Å². The number of rotatable bonds is 17. The van der Waals surface area contributed by atoms with Crippen molar-refractivity contribution >= 4 is 59.1 Å². The summed E-state index contributed by atoms with van der Waals surface area (Å²) < 4.78 is 0. The zero-order valence-corrected chi connectivity index (χ0v) is 26.7. The van der Waals surface area contributed by atoms with E-state index < -0.39 is 42.4 Å². The molecule has 0 saturated carbocycles. The number of aliphatic carboxylic acids is 3. The number of nitrogens with one attached hydrogen (secondary N) is 5. The molecule has 8 N–H and O–H groups in total. The van der Waals surface area contributed by atoms with Gasteiger partial charge in [0.1, 0.15) is 12.1 Å². The van der Waals surface area contributed by atoms with Gasteiger partial charge in [-0.15, -0.1) is 0 Å². The van der Waals surface area contributed by atoms with Gasteiger partial charge in [-0.2, -0.15) is 0 Å². The van der Waals surface area contributed by atoms with Gasteiger partial charge >= 0.3 is 23.9 Å². The van der Waals surface area contributed by atoms with E-state index >= 15 is 0 Å². The second kappa shape index (κ2) is 21.9. The topological polar surface area (TPSA) is 194 Å². The molecule has 2 rings (SSSR count). The molecular weight excluding hydrogens is 600 g/mol. The number of carboxylic acids is 3. The number of anilines is 1. The van der Waals surface area contributed by atoms with Crippen LogP contribution in [0.3, 0.4) is 0 Å². The highest BCUT2D eigenvalue weighted by molar-refractivity contribution is 7.80. The fourth-order valence-corrected chi connectivity index (χ4v) is 3.91. The Labute approximate surface area is 269 Å². The third kappa shape index (κ3) is 17.9. The van der Waals surface area contributed by atoms with E-state index in [1.54, 1.807) is 0 Å². The van der Waals surface area contributed by atoms with Crippen molar-refractivity contribution in [2.24, 2.45) is 0 Å². The Morgan fingerprint density at radius 1 is 0.822 bits per heavy atom. The van der Waals surface area contributed by atoms with Gasteiger partial charge in [0, 0.05) is 51.4 Å². The standard InChI is InChI=1S/C16H28N4O7S.C15H16N2/c1-2-8-17-16(28)18-9-4-3-5-10(13(23)24)19-15(27)20-11(14(25)26)6-7-12(21)22;1-17(2)15-7-5-13(6-8-15)3-4-14-9-11-16-12-10-14/h10-11H,2-9H2,1H3,(H,21,22)(H,23,24)(H,25,26)(H2,17,18,28)(H2,19,20,27);3-12H,1-2H3/p+1/b;4-3+. The first-order valence-corrected chi connectivity index (χ1v) is 15.0. The van der Waals surface area contributed by atoms with E-state index in [1.807, 2.05) is 45.5 Å². The Morgan fingerprint density at radius 3 is 1.87 bits per heavy atom. The van der Waals surface area contributed by atoms with Crippen molar-refractivity contribution in [1.82, 2.24) is 21.3 Å². The molecule has 0 spiro atoms. The van der Waals surface area contributed by atoms with Crippen LogP contribution in [0.1, 0.15) is 56.6 Å². The van der Waals surface area contributed by atoms with Crippen molar-refractivity contribution in [3.63, 3.8) is 0 Å². The quantitative estimate of drug-likeness (QED) is 0.0988. The molecule has 0 aliphatic rings. The highest BCUT2D eigenvalue weighted by Crippen LogP contribution is 2.14. The Balaban J connectivity index is 0.000000502. The summed E-state index contributed by atoms with van der Waals surface area (Å²) in [5, 5.41) is 37.6. The summed E-state index contributed by atoms with van der Waals surface area (Å²) in [7, 11) is 4.09. The van der Waals surface area contributed by atoms with E-state index in [2.05, 4.69) is 67.6 Å². The summed E-state index contributed by atoms with van der Waals surface area (Å²) in [5.41, 5.74) is 3.63. The van der Waals surface area contributed by atoms with Crippen LogP contribution in [-0.2, 0) is 14.4 Å². The lowest BCUT2D eigenvalue weighted by Crippen LogP contribution is -2.51. The molecule has 0 saturated heterocycles. The zero-order valence-electron chi connectivity index (χ0n) is 25.9. The number of carboxylic acid groups (broad SMARTS) is 3. The number of aromatic amines is 1. The second-order valence-corrected chi connectivity index (χ2v) is 10.6. The minimum absolute atomic E-state index is 0.145. The van der Waals surface area contributed by atoms with Crippen molar-refractivity contribution in [2.45, 2.75) is 57.5 Å². The van der Waals surface area contributed by atoms with Crippen LogP contribution in [0.15, 0.2) is 48.8 Å². The van der Waals surface area contributed by atoms with Crippen LogP contribution in [0, 0.1) is 0 Å². The van der Waals surface area contributed by atoms with Crippen LogP contribution in [0.4, 0.5) is 10.5 Å². The van der Waals surface area contributed by atoms with E-state index in [-0.39, 0.29) is 12.8 Å². The predicted octanol–water partition coefficient (Wildman–Crippen LogP) is 2.84. The fourth-order valence-electron chi connectivity index (χ4n) is 3.70. The van der Waals surface area contributed by atoms with Gasteiger partial charge in [0.25, 0.3) is 0 Å². The first-order valence-electron chi connectivity index (χ1n) is 14.6. The number of urea groups is 1. The molecule has 45 heavy (non-hydrogen) atoms. The lowest BCUT2D eigenvalue weighted by atomic mass is 10.1. The maximum absolute atomic E-state index is 11.9. The van der Waals surface area contributed by atoms with Gasteiger partial charge in [-0.25, -0.2) is 19.4 Å². The average Bonchev–Trinajstić information content (AvgIpc) is 3.01. The molecule has 0 bridgehead atoms. The van der Waals surface area contributed by atoms with Gasteiger partial charge in [0.2, 0.25) is 0 Å². The molecule has 1 aromatic carbocycles. The number of aromatic nitrogens is 1. The first kappa shape index (κ1) is 38.3. The van der Waals surface area contributed by atoms with Crippen LogP contribution >= 0.6 is 12.2 Å². The molecule has 2 atom stereocenters. The van der Waals surface area contributed by atoms with Gasteiger partial charge in [-0.05, 0) is 67.6 Å². The summed E-state index contributed by atoms with van der Waals surface area (Å²) in [4.78, 5) is 49.8. The van der Waals surface area contributed by atoms with E-state index in [0.717, 1.165) is 13.0 Å². The summed E-state index contributed by atoms with van der Waals surface area (Å²) >= 11 is 5.05. The van der Waals surface area contributed by atoms with Crippen LogP contribution in [0.5, 0.6) is 0 Å². The van der Waals surface area contributed by atoms with Crippen LogP contribution in [0.25, 0.3) is 12.2 Å². The monoisotopic (exact) mass is 645 g/mol. The van der Waals surface area contributed by atoms with Crippen molar-refractivity contribution in [3.8, 4) is 0 Å². The lowest BCUT2D eigenvalue weighted by molar-refractivity contribution is -0.378. The molecule has 2 amide bonds. The molecule has 246 valence electrons. The smallest absolute Gasteiger partial charge is 0.326 e. The van der Waals surface area contributed by atoms with Crippen molar-refractivity contribution in [1.29, 1.82) is 0 Å². The molecule has 1 heterocycles. The van der Waals surface area contributed by atoms with Gasteiger partial charge in [-0.1, -0.05) is 31.2 Å². The molecule has 2 unspecified atom stereocenters. The zero-order chi connectivity index (χ0) is 33.6. The van der Waals surface area contributed by atoms with Crippen molar-refractivity contribution in [3.05, 3.63) is 59.9 Å². The Hall–Kier alpha value is -4.72. The molecular formula is C31H45N6O7S+. The summed E-state index contributed by atoms with van der Waals surface area (Å²) in [6, 6.07) is 8.99. The predicted molar refractivity (Wildman–Crippen MR) is 177 cm³/mol. The molecule has 13 nitrogen and oxygen atoms in total. The number of H-pyrrole nitrogens is 1. The second-order valence-electron chi connectivity index (χ2n) is 10.2. The number of thiocarbonyl (C=S) groups is 1. The molecule has 0 fully saturated rings. The van der Waals surface area contributed by atoms with Gasteiger partial charge in [-0.3, -0.25) is 4.79 Å². The Morgan fingerprint density at radius 2 is 1.36 bits per heavy atom. The number of carbonyl (C=O) groups is 4. The van der Waals surface area contributed by atoms with Crippen LogP contribution < -0.4 is 31.2 Å². The minimum atomic E-state index is -1.42. The van der Waals surface area contributed by atoms with Crippen LogP contribution in [0.2, 0.25) is 0 Å². The number of unbranched alkanes of at least 4 members (excludes halogenated alkanes) is 1. The summed E-state index contributed by atoms with van der Waals surface area (Å²) in [6.45, 7) is 3.32. The lowest BCUT2D eigenvalue weighted by Gasteiger charge is -2.18. The highest BCUT2D eigenvalue weighted by Gasteiger charge is 2.24. The third-order valence-electron chi connectivity index (χ3n) is 6.22. The molecule has 0 radical (unpaired) electrons. The maximum atomic E-state index is 11.9. The number of hydrogen-bond donors (Lipinski definition) is 7. The average molecular weight is 646 g/mol. The number of pyridine rings is 1. The summed E-state index contributed by atoms with van der Waals surface area (Å²) in [6.07, 6.45) is 9.52. The number of hydrogen-bond acceptors (Lipinski definition) is 6. The largest absolute Gasteiger partial charge is 0.481 e. The summed E-state index contributed by atoms with van der Waals surface area (Å²) in [5.74, 6) is -3.85. The molecule has 0 aliphatic heterocycles. The number of nitrogens with zero attached hydrogens (tertiary/aromatic N) is 1. The van der Waals surface area contributed by atoms with E-state index in [4.69, 9.17) is 22.4 Å². The Kier molecular flexibility index (Phi) is 18.6. The van der Waals surface area contributed by atoms with E-state index in [9.17, 15) is 24.3 Å². The minimum Gasteiger partial charge on any atom is -0.481 e. The van der Waals surface area contributed by atoms with Crippen molar-refractivity contribution in [2.75, 3.05) is 32.1 Å². The molecule has 0 aliphatic carbocycles. The molecule has 14 heteroatoms. The maximum Gasteiger partial charge on any atom is 0.326 e. The highest BCUT2D eigenvalue weighted by atomic mass is 32.1. The van der Waals surface area contributed by atoms with Gasteiger partial charge in [0.05, 0.1) is 0 Å². The third-order valence-corrected chi connectivity index (χ3v) is 6.50. The SMILES string of the molecule is CCCNC(=S)NCCCCC(NC(=O)NC(CCC(=O)O)C(=O)O)C(=O)O.CN(C)c1ccc(/C=C/c2cc[nH+]cc2)cc1.